The van der Waals surface area contributed by atoms with E-state index in [0.29, 0.717) is 12.1 Å². The average Bonchev–Trinajstić information content (AvgIpc) is 3.14. The van der Waals surface area contributed by atoms with Gasteiger partial charge in [-0.05, 0) is 53.5 Å². The fourth-order valence-corrected chi connectivity index (χ4v) is 3.57. The van der Waals surface area contributed by atoms with Crippen LogP contribution in [0.3, 0.4) is 0 Å². The predicted molar refractivity (Wildman–Crippen MR) is 98.2 cm³/mol. The maximum Gasteiger partial charge on any atom is 0.102 e. The monoisotopic (exact) mass is 345 g/mol. The molecule has 0 aliphatic carbocycles. The lowest BCUT2D eigenvalue weighted by Crippen LogP contribution is -2.42. The number of hydrogen-bond donors (Lipinski definition) is 1. The maximum absolute atomic E-state index is 6.12. The number of rotatable bonds is 5. The lowest BCUT2D eigenvalue weighted by Gasteiger charge is -2.36. The Morgan fingerprint density at radius 3 is 2.48 bits per heavy atom. The first kappa shape index (κ1) is 18.1. The summed E-state index contributed by atoms with van der Waals surface area (Å²) in [5, 5.41) is 13.1. The molecule has 1 aliphatic heterocycles. The van der Waals surface area contributed by atoms with Crippen LogP contribution in [0.1, 0.15) is 56.7 Å². The van der Waals surface area contributed by atoms with Crippen molar-refractivity contribution in [1.29, 1.82) is 0 Å². The largest absolute Gasteiger partial charge is 0.320 e. The van der Waals surface area contributed by atoms with Gasteiger partial charge in [-0.1, -0.05) is 5.21 Å². The molecule has 2 N–H and O–H groups in total. The van der Waals surface area contributed by atoms with E-state index in [4.69, 9.17) is 5.73 Å². The second-order valence-electron chi connectivity index (χ2n) is 8.03. The molecule has 3 rings (SSSR count). The number of nitrogens with zero attached hydrogens (tertiary/aromatic N) is 6. The Morgan fingerprint density at radius 1 is 1.28 bits per heavy atom. The van der Waals surface area contributed by atoms with Crippen molar-refractivity contribution in [2.75, 3.05) is 13.1 Å². The zero-order valence-electron chi connectivity index (χ0n) is 16.1. The third-order valence-electron chi connectivity index (χ3n) is 5.21. The highest BCUT2D eigenvalue weighted by atomic mass is 15.4. The summed E-state index contributed by atoms with van der Waals surface area (Å²) in [6, 6.07) is 3.04. The fraction of sp³-hybridized carbons (Fsp3) is 0.722. The highest BCUT2D eigenvalue weighted by Crippen LogP contribution is 2.25. The van der Waals surface area contributed by atoms with E-state index >= 15 is 0 Å². The summed E-state index contributed by atoms with van der Waals surface area (Å²) in [7, 11) is 0. The molecule has 0 radical (unpaired) electrons. The van der Waals surface area contributed by atoms with Crippen molar-refractivity contribution >= 4 is 0 Å². The van der Waals surface area contributed by atoms with Crippen molar-refractivity contribution < 1.29 is 0 Å². The molecule has 1 atom stereocenters. The van der Waals surface area contributed by atoms with Crippen LogP contribution < -0.4 is 5.73 Å². The van der Waals surface area contributed by atoms with E-state index in [0.717, 1.165) is 43.9 Å². The molecule has 2 aromatic heterocycles. The van der Waals surface area contributed by atoms with E-state index in [-0.39, 0.29) is 0 Å². The molecule has 1 saturated heterocycles. The molecule has 1 aliphatic rings. The molecule has 0 saturated carbocycles. The number of hydrogen-bond acceptors (Lipinski definition) is 5. The number of nitrogens with two attached hydrogens (primary N) is 1. The van der Waals surface area contributed by atoms with E-state index in [1.54, 1.807) is 0 Å². The Kier molecular flexibility index (Phi) is 4.97. The lowest BCUT2D eigenvalue weighted by atomic mass is 10.0. The first-order chi connectivity index (χ1) is 11.7. The van der Waals surface area contributed by atoms with Gasteiger partial charge in [-0.3, -0.25) is 9.58 Å². The Labute approximate surface area is 150 Å². The normalized spacial score (nSPS) is 18.6. The van der Waals surface area contributed by atoms with Gasteiger partial charge in [0.2, 0.25) is 0 Å². The standard InChI is InChI=1S/C18H31N7/c1-13-10-14(2)24(21-13)11-15(3)23-8-6-16(7-9-23)25-12-17(20-22-25)18(4,5)19/h10,12,15-16H,6-9,11,19H2,1-5H3/t15-/m1/s1. The molecule has 0 aromatic carbocycles. The second-order valence-corrected chi connectivity index (χ2v) is 8.03. The molecular weight excluding hydrogens is 314 g/mol. The van der Waals surface area contributed by atoms with Crippen molar-refractivity contribution in [2.45, 2.75) is 71.6 Å². The van der Waals surface area contributed by atoms with Gasteiger partial charge in [0.15, 0.2) is 0 Å². The molecule has 138 valence electrons. The topological polar surface area (TPSA) is 77.8 Å². The van der Waals surface area contributed by atoms with Crippen LogP contribution in [0.4, 0.5) is 0 Å². The molecule has 1 fully saturated rings. The van der Waals surface area contributed by atoms with Crippen LogP contribution >= 0.6 is 0 Å². The molecular formula is C18H31N7. The predicted octanol–water partition coefficient (Wildman–Crippen LogP) is 2.01. The zero-order chi connectivity index (χ0) is 18.2. The number of aryl methyl sites for hydroxylation is 2. The van der Waals surface area contributed by atoms with E-state index in [1.165, 1.54) is 5.69 Å². The minimum absolute atomic E-state index is 0.417. The van der Waals surface area contributed by atoms with Gasteiger partial charge in [-0.15, -0.1) is 5.10 Å². The minimum Gasteiger partial charge on any atom is -0.320 e. The first-order valence-corrected chi connectivity index (χ1v) is 9.20. The lowest BCUT2D eigenvalue weighted by molar-refractivity contribution is 0.125. The first-order valence-electron chi connectivity index (χ1n) is 9.20. The smallest absolute Gasteiger partial charge is 0.102 e. The Morgan fingerprint density at radius 2 is 1.96 bits per heavy atom. The van der Waals surface area contributed by atoms with Crippen LogP contribution in [0.2, 0.25) is 0 Å². The highest BCUT2D eigenvalue weighted by molar-refractivity contribution is 5.07. The Bertz CT molecular complexity index is 701. The van der Waals surface area contributed by atoms with Gasteiger partial charge in [0.25, 0.3) is 0 Å². The average molecular weight is 345 g/mol. The van der Waals surface area contributed by atoms with Crippen LogP contribution in [0.5, 0.6) is 0 Å². The molecule has 7 heteroatoms. The van der Waals surface area contributed by atoms with Crippen LogP contribution in [-0.2, 0) is 12.1 Å². The number of piperidine rings is 1. The Balaban J connectivity index is 1.56. The van der Waals surface area contributed by atoms with E-state index < -0.39 is 5.54 Å². The van der Waals surface area contributed by atoms with E-state index in [2.05, 4.69) is 51.8 Å². The zero-order valence-corrected chi connectivity index (χ0v) is 16.1. The third kappa shape index (κ3) is 4.10. The Hall–Kier alpha value is -1.73. The van der Waals surface area contributed by atoms with Crippen molar-refractivity contribution in [2.24, 2.45) is 5.73 Å². The summed E-state index contributed by atoms with van der Waals surface area (Å²) in [5.41, 5.74) is 8.86. The summed E-state index contributed by atoms with van der Waals surface area (Å²) >= 11 is 0. The van der Waals surface area contributed by atoms with Gasteiger partial charge in [0.05, 0.1) is 30.0 Å². The second kappa shape index (κ2) is 6.88. The molecule has 0 spiro atoms. The summed E-state index contributed by atoms with van der Waals surface area (Å²) < 4.78 is 4.13. The van der Waals surface area contributed by atoms with E-state index in [1.807, 2.05) is 24.7 Å². The minimum atomic E-state index is -0.437. The molecule has 0 amide bonds. The molecule has 2 aromatic rings. The number of aromatic nitrogens is 5. The summed E-state index contributed by atoms with van der Waals surface area (Å²) in [5.74, 6) is 0. The van der Waals surface area contributed by atoms with Crippen molar-refractivity contribution in [3.63, 3.8) is 0 Å². The molecule has 25 heavy (non-hydrogen) atoms. The van der Waals surface area contributed by atoms with Gasteiger partial charge in [-0.25, -0.2) is 4.68 Å². The van der Waals surface area contributed by atoms with Gasteiger partial charge in [-0.2, -0.15) is 5.10 Å². The number of likely N-dealkylation sites (tertiary alicyclic amines) is 1. The van der Waals surface area contributed by atoms with Gasteiger partial charge in [0.1, 0.15) is 5.69 Å². The van der Waals surface area contributed by atoms with Crippen molar-refractivity contribution in [3.05, 3.63) is 29.3 Å². The van der Waals surface area contributed by atoms with Crippen LogP contribution in [0, 0.1) is 13.8 Å². The van der Waals surface area contributed by atoms with Gasteiger partial charge in [0, 0.05) is 24.8 Å². The van der Waals surface area contributed by atoms with Gasteiger partial charge < -0.3 is 5.73 Å². The van der Waals surface area contributed by atoms with Gasteiger partial charge >= 0.3 is 0 Å². The molecule has 7 nitrogen and oxygen atoms in total. The van der Waals surface area contributed by atoms with Crippen molar-refractivity contribution in [1.82, 2.24) is 29.7 Å². The van der Waals surface area contributed by atoms with Crippen molar-refractivity contribution in [3.8, 4) is 0 Å². The molecule has 3 heterocycles. The van der Waals surface area contributed by atoms with Crippen LogP contribution in [0.15, 0.2) is 12.3 Å². The SMILES string of the molecule is Cc1cc(C)n(C[C@@H](C)N2CCC(n3cc(C(C)(C)N)nn3)CC2)n1. The summed E-state index contributed by atoms with van der Waals surface area (Å²) in [4.78, 5) is 2.55. The van der Waals surface area contributed by atoms with E-state index in [9.17, 15) is 0 Å². The van der Waals surface area contributed by atoms with Crippen LogP contribution in [-0.4, -0.2) is 48.8 Å². The quantitative estimate of drug-likeness (QED) is 0.897. The van der Waals surface area contributed by atoms with Crippen LogP contribution in [0.25, 0.3) is 0 Å². The molecule has 0 unspecified atom stereocenters. The third-order valence-corrected chi connectivity index (χ3v) is 5.21. The summed E-state index contributed by atoms with van der Waals surface area (Å²) in [6.07, 6.45) is 4.20. The fourth-order valence-electron chi connectivity index (χ4n) is 3.57. The maximum atomic E-state index is 6.12. The highest BCUT2D eigenvalue weighted by Gasteiger charge is 2.26. The summed E-state index contributed by atoms with van der Waals surface area (Å²) in [6.45, 7) is 13.5. The molecule has 0 bridgehead atoms.